The molecule has 1 fully saturated rings. The summed E-state index contributed by atoms with van der Waals surface area (Å²) in [5.41, 5.74) is 7.35. The number of halogens is 2. The number of ether oxygens (including phenoxy) is 1. The third-order valence-electron chi connectivity index (χ3n) is 4.50. The average molecular weight is 414 g/mol. The Bertz CT molecular complexity index is 1060. The summed E-state index contributed by atoms with van der Waals surface area (Å²) in [6, 6.07) is 6.43. The highest BCUT2D eigenvalue weighted by Crippen LogP contribution is 2.34. The van der Waals surface area contributed by atoms with Gasteiger partial charge >= 0.3 is 6.61 Å². The van der Waals surface area contributed by atoms with Gasteiger partial charge < -0.3 is 15.4 Å². The minimum absolute atomic E-state index is 0.0455. The fraction of sp³-hybridized carbons (Fsp3) is 0.263. The van der Waals surface area contributed by atoms with Gasteiger partial charge in [-0.1, -0.05) is 0 Å². The van der Waals surface area contributed by atoms with Crippen molar-refractivity contribution in [2.45, 2.75) is 19.5 Å². The molecule has 10 heteroatoms. The zero-order valence-electron chi connectivity index (χ0n) is 15.2. The molecule has 0 radical (unpaired) electrons. The van der Waals surface area contributed by atoms with Crippen LogP contribution in [0.5, 0.6) is 5.75 Å². The first-order chi connectivity index (χ1) is 14.0. The zero-order valence-corrected chi connectivity index (χ0v) is 16.0. The second-order valence-electron chi connectivity index (χ2n) is 6.39. The number of pyridine rings is 2. The molecule has 3 aromatic heterocycles. The predicted molar refractivity (Wildman–Crippen MR) is 106 cm³/mol. The van der Waals surface area contributed by atoms with Crippen LogP contribution in [0, 0.1) is 11.3 Å². The van der Waals surface area contributed by atoms with Crippen LogP contribution < -0.4 is 15.4 Å². The fourth-order valence-corrected chi connectivity index (χ4v) is 3.82. The summed E-state index contributed by atoms with van der Waals surface area (Å²) in [6.07, 6.45) is 3.62. The molecule has 2 N–H and O–H groups in total. The number of anilines is 2. The maximum Gasteiger partial charge on any atom is 0.387 e. The molecule has 1 saturated heterocycles. The van der Waals surface area contributed by atoms with E-state index in [1.54, 1.807) is 17.6 Å². The second-order valence-corrected chi connectivity index (χ2v) is 7.28. The highest BCUT2D eigenvalue weighted by atomic mass is 32.1. The van der Waals surface area contributed by atoms with Crippen molar-refractivity contribution in [3.05, 3.63) is 35.3 Å². The van der Waals surface area contributed by atoms with Gasteiger partial charge in [-0.3, -0.25) is 0 Å². The van der Waals surface area contributed by atoms with Crippen LogP contribution in [0.3, 0.4) is 0 Å². The number of rotatable bonds is 5. The number of thiazole rings is 1. The number of aromatic nitrogens is 3. The van der Waals surface area contributed by atoms with Crippen molar-refractivity contribution in [2.75, 3.05) is 23.7 Å². The molecule has 4 rings (SSSR count). The Balaban J connectivity index is 1.88. The highest BCUT2D eigenvalue weighted by Gasteiger charge is 2.21. The molecule has 0 bridgehead atoms. The molecular weight excluding hydrogens is 398 g/mol. The van der Waals surface area contributed by atoms with E-state index in [1.807, 2.05) is 11.0 Å². The Labute approximate surface area is 169 Å². The summed E-state index contributed by atoms with van der Waals surface area (Å²) in [7, 11) is 0. The van der Waals surface area contributed by atoms with Gasteiger partial charge in [0.2, 0.25) is 0 Å². The minimum atomic E-state index is -2.98. The van der Waals surface area contributed by atoms with Gasteiger partial charge in [0.05, 0.1) is 11.4 Å². The number of hydrogen-bond acceptors (Lipinski definition) is 8. The van der Waals surface area contributed by atoms with Crippen LogP contribution in [0.1, 0.15) is 18.4 Å². The van der Waals surface area contributed by atoms with Crippen molar-refractivity contribution < 1.29 is 13.5 Å². The van der Waals surface area contributed by atoms with Gasteiger partial charge in [-0.25, -0.2) is 15.0 Å². The maximum atomic E-state index is 12.9. The van der Waals surface area contributed by atoms with E-state index in [-0.39, 0.29) is 28.4 Å². The van der Waals surface area contributed by atoms with Crippen molar-refractivity contribution in [1.82, 2.24) is 15.0 Å². The third-order valence-corrected chi connectivity index (χ3v) is 5.29. The number of hydrogen-bond donors (Lipinski definition) is 1. The molecule has 0 saturated carbocycles. The molecule has 1 aliphatic heterocycles. The van der Waals surface area contributed by atoms with Gasteiger partial charge in [0.15, 0.2) is 0 Å². The van der Waals surface area contributed by atoms with Crippen molar-refractivity contribution in [2.24, 2.45) is 0 Å². The van der Waals surface area contributed by atoms with E-state index in [9.17, 15) is 14.0 Å². The summed E-state index contributed by atoms with van der Waals surface area (Å²) in [5.74, 6) is 0.454. The Morgan fingerprint density at radius 1 is 1.17 bits per heavy atom. The molecule has 3 aromatic rings. The zero-order chi connectivity index (χ0) is 20.4. The lowest BCUT2D eigenvalue weighted by molar-refractivity contribution is -0.0498. The number of nitriles is 1. The van der Waals surface area contributed by atoms with E-state index in [1.165, 1.54) is 23.5 Å². The Kier molecular flexibility index (Phi) is 5.22. The Hall–Kier alpha value is -3.32. The highest BCUT2D eigenvalue weighted by molar-refractivity contribution is 7.13. The quantitative estimate of drug-likeness (QED) is 0.675. The average Bonchev–Trinajstić information content (AvgIpc) is 3.40. The summed E-state index contributed by atoms with van der Waals surface area (Å²) < 4.78 is 30.4. The van der Waals surface area contributed by atoms with Crippen molar-refractivity contribution >= 4 is 22.8 Å². The van der Waals surface area contributed by atoms with Gasteiger partial charge in [0.1, 0.15) is 39.6 Å². The topological polar surface area (TPSA) is 101 Å². The first-order valence-electron chi connectivity index (χ1n) is 8.88. The number of nitrogens with zero attached hydrogens (tertiary/aromatic N) is 5. The molecular formula is C19H16F2N6OS. The van der Waals surface area contributed by atoms with Crippen LogP contribution in [-0.4, -0.2) is 34.7 Å². The lowest BCUT2D eigenvalue weighted by Gasteiger charge is -2.19. The van der Waals surface area contributed by atoms with Gasteiger partial charge in [-0.15, -0.1) is 11.3 Å². The Morgan fingerprint density at radius 3 is 2.62 bits per heavy atom. The summed E-state index contributed by atoms with van der Waals surface area (Å²) in [6.45, 7) is -1.44. The van der Waals surface area contributed by atoms with E-state index >= 15 is 0 Å². The van der Waals surface area contributed by atoms with Crippen LogP contribution in [0.2, 0.25) is 0 Å². The standard InChI is InChI=1S/C19H16F2N6OS/c20-19(21)28-11-7-14(25-16(8-11)27-4-1-2-5-27)17-12(10-22)13(23)9-15(26-17)18-24-3-6-29-18/h3,6-9,19H,1-2,4-5H2,(H2,23,26). The van der Waals surface area contributed by atoms with Gasteiger partial charge in [0.25, 0.3) is 0 Å². The summed E-state index contributed by atoms with van der Waals surface area (Å²) in [5, 5.41) is 12.0. The molecule has 4 heterocycles. The van der Waals surface area contributed by atoms with E-state index < -0.39 is 6.61 Å². The first-order valence-corrected chi connectivity index (χ1v) is 9.76. The van der Waals surface area contributed by atoms with E-state index in [0.717, 1.165) is 25.9 Å². The van der Waals surface area contributed by atoms with Crippen molar-refractivity contribution in [3.8, 4) is 33.9 Å². The summed E-state index contributed by atoms with van der Waals surface area (Å²) >= 11 is 1.37. The molecule has 0 aliphatic carbocycles. The molecule has 0 spiro atoms. The SMILES string of the molecule is N#Cc1c(N)cc(-c2nccs2)nc1-c1cc(OC(F)F)cc(N2CCCC2)n1. The smallest absolute Gasteiger partial charge is 0.387 e. The lowest BCUT2D eigenvalue weighted by Crippen LogP contribution is -2.19. The van der Waals surface area contributed by atoms with Crippen LogP contribution in [0.15, 0.2) is 29.8 Å². The van der Waals surface area contributed by atoms with Crippen molar-refractivity contribution in [3.63, 3.8) is 0 Å². The molecule has 0 aromatic carbocycles. The molecule has 7 nitrogen and oxygen atoms in total. The number of nitrogen functional groups attached to an aromatic ring is 1. The third kappa shape index (κ3) is 3.95. The normalized spacial score (nSPS) is 13.7. The summed E-state index contributed by atoms with van der Waals surface area (Å²) in [4.78, 5) is 15.3. The minimum Gasteiger partial charge on any atom is -0.435 e. The van der Waals surface area contributed by atoms with Gasteiger partial charge in [-0.05, 0) is 18.9 Å². The molecule has 1 aliphatic rings. The van der Waals surface area contributed by atoms with Crippen LogP contribution >= 0.6 is 11.3 Å². The second kappa shape index (κ2) is 7.97. The molecule has 0 atom stereocenters. The van der Waals surface area contributed by atoms with Crippen LogP contribution in [0.4, 0.5) is 20.3 Å². The molecule has 0 unspecified atom stereocenters. The van der Waals surface area contributed by atoms with Crippen molar-refractivity contribution in [1.29, 1.82) is 5.26 Å². The van der Waals surface area contributed by atoms with Crippen LogP contribution in [0.25, 0.3) is 22.1 Å². The number of alkyl halides is 2. The fourth-order valence-electron chi connectivity index (χ4n) is 3.22. The lowest BCUT2D eigenvalue weighted by atomic mass is 10.1. The first kappa shape index (κ1) is 19.0. The van der Waals surface area contributed by atoms with E-state index in [0.29, 0.717) is 16.5 Å². The Morgan fingerprint density at radius 2 is 1.97 bits per heavy atom. The molecule has 29 heavy (non-hydrogen) atoms. The monoisotopic (exact) mass is 414 g/mol. The van der Waals surface area contributed by atoms with E-state index in [2.05, 4.69) is 19.7 Å². The largest absolute Gasteiger partial charge is 0.435 e. The molecule has 148 valence electrons. The van der Waals surface area contributed by atoms with Gasteiger partial charge in [0, 0.05) is 36.8 Å². The number of nitrogens with two attached hydrogens (primary N) is 1. The van der Waals surface area contributed by atoms with E-state index in [4.69, 9.17) is 5.73 Å². The van der Waals surface area contributed by atoms with Gasteiger partial charge in [-0.2, -0.15) is 14.0 Å². The maximum absolute atomic E-state index is 12.9. The van der Waals surface area contributed by atoms with Crippen LogP contribution in [-0.2, 0) is 0 Å². The predicted octanol–water partition coefficient (Wildman–Crippen LogP) is 3.92. The molecule has 0 amide bonds.